The Bertz CT molecular complexity index is 945. The first kappa shape index (κ1) is 20.0. The van der Waals surface area contributed by atoms with E-state index in [1.54, 1.807) is 24.3 Å². The minimum absolute atomic E-state index is 0.00394. The first-order chi connectivity index (χ1) is 13.4. The Morgan fingerprint density at radius 1 is 1.04 bits per heavy atom. The Labute approximate surface area is 165 Å². The number of methoxy groups -OCH3 is 1. The maximum Gasteiger partial charge on any atom is 0.278 e. The molecule has 1 aliphatic rings. The smallest absolute Gasteiger partial charge is 0.278 e. The van der Waals surface area contributed by atoms with Gasteiger partial charge in [0.1, 0.15) is 5.70 Å². The van der Waals surface area contributed by atoms with Crippen LogP contribution >= 0.6 is 11.6 Å². The van der Waals surface area contributed by atoms with Crippen LogP contribution in [0.3, 0.4) is 0 Å². The van der Waals surface area contributed by atoms with Gasteiger partial charge in [-0.25, -0.2) is 8.78 Å². The summed E-state index contributed by atoms with van der Waals surface area (Å²) in [5.41, 5.74) is 0.780. The maximum absolute atomic E-state index is 13.6. The number of anilines is 1. The molecular weight excluding hydrogens is 390 g/mol. The largest absolute Gasteiger partial charge is 0.385 e. The standard InChI is InChI=1S/C20H17ClF2N2O3/c1-28-10-2-9-25-19(26)17(12-3-5-13(21)6-4-12)18(20(25)27)24-14-7-8-15(22)16(23)11-14/h3-8,11,24H,2,9-10H2,1H3. The van der Waals surface area contributed by atoms with Crippen LogP contribution in [0.15, 0.2) is 48.2 Å². The monoisotopic (exact) mass is 406 g/mol. The lowest BCUT2D eigenvalue weighted by Crippen LogP contribution is -2.33. The number of nitrogens with one attached hydrogen (secondary N) is 1. The van der Waals surface area contributed by atoms with E-state index in [2.05, 4.69) is 5.32 Å². The van der Waals surface area contributed by atoms with E-state index in [1.807, 2.05) is 0 Å². The Morgan fingerprint density at radius 3 is 2.39 bits per heavy atom. The van der Waals surface area contributed by atoms with Gasteiger partial charge in [0.2, 0.25) is 0 Å². The van der Waals surface area contributed by atoms with Gasteiger partial charge in [-0.1, -0.05) is 23.7 Å². The molecule has 0 atom stereocenters. The highest BCUT2D eigenvalue weighted by Crippen LogP contribution is 2.31. The fraction of sp³-hybridized carbons (Fsp3) is 0.200. The van der Waals surface area contributed by atoms with Gasteiger partial charge in [0.15, 0.2) is 11.6 Å². The van der Waals surface area contributed by atoms with Crippen molar-refractivity contribution >= 4 is 34.7 Å². The van der Waals surface area contributed by atoms with Crippen molar-refractivity contribution in [2.24, 2.45) is 0 Å². The van der Waals surface area contributed by atoms with Crippen LogP contribution in [0.4, 0.5) is 14.5 Å². The molecule has 28 heavy (non-hydrogen) atoms. The molecule has 2 aromatic rings. The summed E-state index contributed by atoms with van der Waals surface area (Å²) in [6.45, 7) is 0.560. The number of ether oxygens (including phenoxy) is 1. The molecule has 1 heterocycles. The van der Waals surface area contributed by atoms with Gasteiger partial charge in [-0.15, -0.1) is 0 Å². The molecule has 0 aliphatic carbocycles. The van der Waals surface area contributed by atoms with Crippen LogP contribution < -0.4 is 5.32 Å². The fourth-order valence-electron chi connectivity index (χ4n) is 2.86. The molecule has 8 heteroatoms. The highest BCUT2D eigenvalue weighted by atomic mass is 35.5. The van der Waals surface area contributed by atoms with Crippen LogP contribution in [0.5, 0.6) is 0 Å². The zero-order valence-corrected chi connectivity index (χ0v) is 15.7. The molecule has 5 nitrogen and oxygen atoms in total. The highest BCUT2D eigenvalue weighted by molar-refractivity contribution is 6.36. The molecule has 1 N–H and O–H groups in total. The van der Waals surface area contributed by atoms with Gasteiger partial charge in [0.25, 0.3) is 11.8 Å². The molecule has 2 amide bonds. The molecule has 0 saturated carbocycles. The molecule has 0 unspecified atom stereocenters. The van der Waals surface area contributed by atoms with Gasteiger partial charge in [0.05, 0.1) is 5.57 Å². The minimum Gasteiger partial charge on any atom is -0.385 e. The molecule has 0 bridgehead atoms. The van der Waals surface area contributed by atoms with E-state index < -0.39 is 23.4 Å². The third-order valence-electron chi connectivity index (χ3n) is 4.22. The summed E-state index contributed by atoms with van der Waals surface area (Å²) >= 11 is 5.91. The van der Waals surface area contributed by atoms with Crippen LogP contribution in [0.1, 0.15) is 12.0 Å². The van der Waals surface area contributed by atoms with E-state index in [1.165, 1.54) is 13.2 Å². The second kappa shape index (κ2) is 8.50. The number of carbonyl (C=O) groups is 2. The molecule has 2 aromatic carbocycles. The predicted octanol–water partition coefficient (Wildman–Crippen LogP) is 3.85. The van der Waals surface area contributed by atoms with E-state index >= 15 is 0 Å². The Hall–Kier alpha value is -2.77. The third kappa shape index (κ3) is 4.05. The number of benzene rings is 2. The van der Waals surface area contributed by atoms with Gasteiger partial charge in [0, 0.05) is 37.0 Å². The number of carbonyl (C=O) groups excluding carboxylic acids is 2. The van der Waals surface area contributed by atoms with Crippen molar-refractivity contribution in [2.45, 2.75) is 6.42 Å². The van der Waals surface area contributed by atoms with Crippen LogP contribution in [-0.4, -0.2) is 37.0 Å². The number of imide groups is 1. The summed E-state index contributed by atoms with van der Waals surface area (Å²) in [5.74, 6) is -3.09. The molecule has 146 valence electrons. The summed E-state index contributed by atoms with van der Waals surface area (Å²) in [4.78, 5) is 26.9. The van der Waals surface area contributed by atoms with Crippen molar-refractivity contribution in [3.63, 3.8) is 0 Å². The second-order valence-electron chi connectivity index (χ2n) is 6.12. The summed E-state index contributed by atoms with van der Waals surface area (Å²) in [6, 6.07) is 9.60. The number of halogens is 3. The summed E-state index contributed by atoms with van der Waals surface area (Å²) in [6.07, 6.45) is 0.473. The van der Waals surface area contributed by atoms with Gasteiger partial charge >= 0.3 is 0 Å². The normalized spacial score (nSPS) is 14.2. The van der Waals surface area contributed by atoms with E-state index in [9.17, 15) is 18.4 Å². The first-order valence-electron chi connectivity index (χ1n) is 8.49. The van der Waals surface area contributed by atoms with Crippen molar-refractivity contribution in [1.82, 2.24) is 4.90 Å². The SMILES string of the molecule is COCCCN1C(=O)C(Nc2ccc(F)c(F)c2)=C(c2ccc(Cl)cc2)C1=O. The van der Waals surface area contributed by atoms with Gasteiger partial charge < -0.3 is 10.1 Å². The second-order valence-corrected chi connectivity index (χ2v) is 6.56. The Balaban J connectivity index is 1.99. The van der Waals surface area contributed by atoms with E-state index in [0.29, 0.717) is 23.6 Å². The molecule has 3 rings (SSSR count). The molecule has 0 radical (unpaired) electrons. The number of hydrogen-bond donors (Lipinski definition) is 1. The summed E-state index contributed by atoms with van der Waals surface area (Å²) < 4.78 is 31.7. The fourth-order valence-corrected chi connectivity index (χ4v) is 2.99. The third-order valence-corrected chi connectivity index (χ3v) is 4.47. The van der Waals surface area contributed by atoms with Crippen molar-refractivity contribution in [3.8, 4) is 0 Å². The summed E-state index contributed by atoms with van der Waals surface area (Å²) in [7, 11) is 1.53. The lowest BCUT2D eigenvalue weighted by Gasteiger charge is -2.15. The molecule has 0 aromatic heterocycles. The van der Waals surface area contributed by atoms with E-state index in [4.69, 9.17) is 16.3 Å². The minimum atomic E-state index is -1.06. The summed E-state index contributed by atoms with van der Waals surface area (Å²) in [5, 5.41) is 3.25. The predicted molar refractivity (Wildman–Crippen MR) is 102 cm³/mol. The van der Waals surface area contributed by atoms with Crippen LogP contribution in [0, 0.1) is 11.6 Å². The van der Waals surface area contributed by atoms with Crippen molar-refractivity contribution < 1.29 is 23.1 Å². The number of hydrogen-bond acceptors (Lipinski definition) is 4. The average molecular weight is 407 g/mol. The lowest BCUT2D eigenvalue weighted by atomic mass is 10.0. The Kier molecular flexibility index (Phi) is 6.06. The van der Waals surface area contributed by atoms with Crippen LogP contribution in [0.2, 0.25) is 5.02 Å². The first-order valence-corrected chi connectivity index (χ1v) is 8.87. The van der Waals surface area contributed by atoms with Crippen molar-refractivity contribution in [3.05, 3.63) is 70.4 Å². The van der Waals surface area contributed by atoms with Gasteiger partial charge in [-0.3, -0.25) is 14.5 Å². The van der Waals surface area contributed by atoms with Crippen LogP contribution in [0.25, 0.3) is 5.57 Å². The van der Waals surface area contributed by atoms with Gasteiger partial charge in [-0.05, 0) is 36.2 Å². The highest BCUT2D eigenvalue weighted by Gasteiger charge is 2.38. The van der Waals surface area contributed by atoms with Crippen molar-refractivity contribution in [1.29, 1.82) is 0 Å². The van der Waals surface area contributed by atoms with E-state index in [0.717, 1.165) is 17.0 Å². The number of nitrogens with zero attached hydrogens (tertiary/aromatic N) is 1. The number of amides is 2. The quantitative estimate of drug-likeness (QED) is 0.560. The lowest BCUT2D eigenvalue weighted by molar-refractivity contribution is -0.136. The molecule has 1 aliphatic heterocycles. The topological polar surface area (TPSA) is 58.6 Å². The maximum atomic E-state index is 13.6. The van der Waals surface area contributed by atoms with Crippen LogP contribution in [-0.2, 0) is 14.3 Å². The Morgan fingerprint density at radius 2 is 1.75 bits per heavy atom. The molecule has 0 fully saturated rings. The molecular formula is C20H17ClF2N2O3. The van der Waals surface area contributed by atoms with Crippen molar-refractivity contribution in [2.75, 3.05) is 25.6 Å². The molecule has 0 saturated heterocycles. The molecule has 0 spiro atoms. The number of rotatable bonds is 7. The zero-order valence-electron chi connectivity index (χ0n) is 15.0. The van der Waals surface area contributed by atoms with Gasteiger partial charge in [-0.2, -0.15) is 0 Å². The zero-order chi connectivity index (χ0) is 20.3. The van der Waals surface area contributed by atoms with E-state index in [-0.39, 0.29) is 23.5 Å². The average Bonchev–Trinajstić information content (AvgIpc) is 2.90.